The van der Waals surface area contributed by atoms with Crippen LogP contribution in [0.1, 0.15) is 38.9 Å². The first kappa shape index (κ1) is 13.5. The number of amides is 1. The third kappa shape index (κ3) is 2.90. The first-order valence-electron chi connectivity index (χ1n) is 5.91. The number of aromatic nitrogens is 2. The number of thiazole rings is 1. The minimum Gasteiger partial charge on any atom is -0.344 e. The Morgan fingerprint density at radius 2 is 2.21 bits per heavy atom. The minimum atomic E-state index is -0.385. The normalized spacial score (nSPS) is 12.2. The Morgan fingerprint density at radius 1 is 1.47 bits per heavy atom. The number of carbonyl (C=O) groups is 1. The summed E-state index contributed by atoms with van der Waals surface area (Å²) in [6, 6.07) is 2.97. The van der Waals surface area contributed by atoms with E-state index in [0.29, 0.717) is 0 Å². The maximum atomic E-state index is 12.0. The van der Waals surface area contributed by atoms with Gasteiger partial charge in [-0.2, -0.15) is 0 Å². The molecule has 0 spiro atoms. The molecule has 2 N–H and O–H groups in total. The van der Waals surface area contributed by atoms with Crippen LogP contribution in [0.3, 0.4) is 0 Å². The van der Waals surface area contributed by atoms with Crippen LogP contribution in [0.2, 0.25) is 0 Å². The summed E-state index contributed by atoms with van der Waals surface area (Å²) in [6.45, 7) is 5.73. The van der Waals surface area contributed by atoms with Crippen LogP contribution in [0.15, 0.2) is 23.1 Å². The number of hydrogen-bond acceptors (Lipinski definition) is 4. The van der Waals surface area contributed by atoms with Gasteiger partial charge < -0.3 is 10.3 Å². The largest absolute Gasteiger partial charge is 0.344 e. The maximum Gasteiger partial charge on any atom is 0.260 e. The first-order valence-corrected chi connectivity index (χ1v) is 6.73. The van der Waals surface area contributed by atoms with E-state index in [1.54, 1.807) is 17.4 Å². The Labute approximate surface area is 114 Å². The molecule has 2 heterocycles. The van der Waals surface area contributed by atoms with Gasteiger partial charge in [0.2, 0.25) is 0 Å². The predicted octanol–water partition coefficient (Wildman–Crippen LogP) is 1.94. The van der Waals surface area contributed by atoms with Crippen LogP contribution in [0, 0.1) is 13.8 Å². The Balaban J connectivity index is 2.18. The van der Waals surface area contributed by atoms with Crippen molar-refractivity contribution in [2.24, 2.45) is 0 Å². The summed E-state index contributed by atoms with van der Waals surface area (Å²) in [5, 5.41) is 3.78. The molecule has 1 amide bonds. The quantitative estimate of drug-likeness (QED) is 0.900. The Morgan fingerprint density at radius 3 is 2.79 bits per heavy atom. The van der Waals surface area contributed by atoms with Gasteiger partial charge in [0.05, 0.1) is 16.7 Å². The van der Waals surface area contributed by atoms with E-state index in [2.05, 4.69) is 15.3 Å². The standard InChI is InChI=1S/C13H15N3O2S/c1-7-11(19-9(3)15-7)8(2)16-13(18)10-5-4-6-14-12(10)17/h4-6,8H,1-3H3,(H,14,17)(H,16,18)/t8-/m0/s1. The maximum absolute atomic E-state index is 12.0. The fourth-order valence-electron chi connectivity index (χ4n) is 1.89. The fraction of sp³-hybridized carbons (Fsp3) is 0.308. The van der Waals surface area contributed by atoms with Gasteiger partial charge in [-0.25, -0.2) is 4.98 Å². The molecule has 0 fully saturated rings. The van der Waals surface area contributed by atoms with Crippen molar-refractivity contribution < 1.29 is 4.79 Å². The molecule has 5 nitrogen and oxygen atoms in total. The van der Waals surface area contributed by atoms with Gasteiger partial charge >= 0.3 is 0 Å². The van der Waals surface area contributed by atoms with Crippen molar-refractivity contribution in [2.45, 2.75) is 26.8 Å². The number of carbonyl (C=O) groups excluding carboxylic acids is 1. The SMILES string of the molecule is Cc1nc(C)c([C@H](C)NC(=O)c2ccc[nH]c2=O)s1. The highest BCUT2D eigenvalue weighted by atomic mass is 32.1. The highest BCUT2D eigenvalue weighted by molar-refractivity contribution is 7.11. The van der Waals surface area contributed by atoms with Crippen molar-refractivity contribution in [3.8, 4) is 0 Å². The van der Waals surface area contributed by atoms with E-state index in [0.717, 1.165) is 15.6 Å². The Bertz CT molecular complexity index is 660. The molecule has 0 aliphatic heterocycles. The molecule has 6 heteroatoms. The van der Waals surface area contributed by atoms with E-state index < -0.39 is 0 Å². The lowest BCUT2D eigenvalue weighted by atomic mass is 10.2. The van der Waals surface area contributed by atoms with Crippen molar-refractivity contribution in [3.05, 3.63) is 49.8 Å². The number of nitrogens with one attached hydrogen (secondary N) is 2. The summed E-state index contributed by atoms with van der Waals surface area (Å²) < 4.78 is 0. The summed E-state index contributed by atoms with van der Waals surface area (Å²) in [5.41, 5.74) is 0.648. The minimum absolute atomic E-state index is 0.119. The van der Waals surface area contributed by atoms with E-state index in [9.17, 15) is 9.59 Å². The summed E-state index contributed by atoms with van der Waals surface area (Å²) in [7, 11) is 0. The molecule has 0 saturated carbocycles. The number of hydrogen-bond donors (Lipinski definition) is 2. The zero-order chi connectivity index (χ0) is 14.0. The number of H-pyrrole nitrogens is 1. The molecule has 2 aromatic heterocycles. The van der Waals surface area contributed by atoms with Gasteiger partial charge in [-0.1, -0.05) is 0 Å². The smallest absolute Gasteiger partial charge is 0.260 e. The number of aromatic amines is 1. The van der Waals surface area contributed by atoms with Crippen LogP contribution in [-0.4, -0.2) is 15.9 Å². The summed E-state index contributed by atoms with van der Waals surface area (Å²) >= 11 is 1.55. The van der Waals surface area contributed by atoms with Crippen LogP contribution in [0.4, 0.5) is 0 Å². The highest BCUT2D eigenvalue weighted by Gasteiger charge is 2.17. The van der Waals surface area contributed by atoms with Crippen LogP contribution in [0.25, 0.3) is 0 Å². The molecule has 1 atom stereocenters. The van der Waals surface area contributed by atoms with Crippen LogP contribution in [0.5, 0.6) is 0 Å². The number of aryl methyl sites for hydroxylation is 2. The van der Waals surface area contributed by atoms with E-state index in [1.165, 1.54) is 12.3 Å². The second-order valence-electron chi connectivity index (χ2n) is 4.29. The van der Waals surface area contributed by atoms with Gasteiger partial charge in [0.15, 0.2) is 0 Å². The van der Waals surface area contributed by atoms with Crippen molar-refractivity contribution in [3.63, 3.8) is 0 Å². The van der Waals surface area contributed by atoms with Gasteiger partial charge in [0.1, 0.15) is 5.56 Å². The predicted molar refractivity (Wildman–Crippen MR) is 74.5 cm³/mol. The van der Waals surface area contributed by atoms with Gasteiger partial charge in [-0.05, 0) is 32.9 Å². The monoisotopic (exact) mass is 277 g/mol. The van der Waals surface area contributed by atoms with E-state index in [-0.39, 0.29) is 23.1 Å². The molecule has 0 aliphatic carbocycles. The van der Waals surface area contributed by atoms with Gasteiger partial charge in [-0.15, -0.1) is 11.3 Å². The van der Waals surface area contributed by atoms with Crippen molar-refractivity contribution >= 4 is 17.2 Å². The van der Waals surface area contributed by atoms with Crippen molar-refractivity contribution in [1.29, 1.82) is 0 Å². The van der Waals surface area contributed by atoms with Crippen molar-refractivity contribution in [1.82, 2.24) is 15.3 Å². The van der Waals surface area contributed by atoms with Crippen molar-refractivity contribution in [2.75, 3.05) is 0 Å². The molecule has 100 valence electrons. The van der Waals surface area contributed by atoms with E-state index in [4.69, 9.17) is 0 Å². The first-order chi connectivity index (χ1) is 8.99. The topological polar surface area (TPSA) is 74.8 Å². The van der Waals surface area contributed by atoms with Crippen LogP contribution < -0.4 is 10.9 Å². The van der Waals surface area contributed by atoms with Crippen LogP contribution in [-0.2, 0) is 0 Å². The van der Waals surface area contributed by atoms with Gasteiger partial charge in [0, 0.05) is 11.1 Å². The summed E-state index contributed by atoms with van der Waals surface area (Å²) in [4.78, 5) is 31.4. The molecular weight excluding hydrogens is 262 g/mol. The molecule has 0 saturated heterocycles. The summed E-state index contributed by atoms with van der Waals surface area (Å²) in [6.07, 6.45) is 1.50. The third-order valence-corrected chi connectivity index (χ3v) is 4.00. The highest BCUT2D eigenvalue weighted by Crippen LogP contribution is 2.24. The molecule has 0 aromatic carbocycles. The third-order valence-electron chi connectivity index (χ3n) is 2.74. The molecule has 0 radical (unpaired) electrons. The molecular formula is C13H15N3O2S. The average molecular weight is 277 g/mol. The zero-order valence-electron chi connectivity index (χ0n) is 11.0. The fourth-order valence-corrected chi connectivity index (χ4v) is 2.82. The second-order valence-corrected chi connectivity index (χ2v) is 5.53. The van der Waals surface area contributed by atoms with Gasteiger partial charge in [-0.3, -0.25) is 9.59 Å². The number of nitrogens with zero attached hydrogens (tertiary/aromatic N) is 1. The lowest BCUT2D eigenvalue weighted by Crippen LogP contribution is -2.31. The Kier molecular flexibility index (Phi) is 3.80. The molecule has 0 unspecified atom stereocenters. The molecule has 0 aliphatic rings. The molecule has 0 bridgehead atoms. The molecule has 2 rings (SSSR count). The average Bonchev–Trinajstić information content (AvgIpc) is 2.69. The zero-order valence-corrected chi connectivity index (χ0v) is 11.8. The molecule has 2 aromatic rings. The lowest BCUT2D eigenvalue weighted by molar-refractivity contribution is 0.0939. The summed E-state index contributed by atoms with van der Waals surface area (Å²) in [5.74, 6) is -0.375. The molecule has 19 heavy (non-hydrogen) atoms. The van der Waals surface area contributed by atoms with E-state index >= 15 is 0 Å². The second kappa shape index (κ2) is 5.36. The lowest BCUT2D eigenvalue weighted by Gasteiger charge is -2.12. The van der Waals surface area contributed by atoms with E-state index in [1.807, 2.05) is 20.8 Å². The Hall–Kier alpha value is -1.95. The van der Waals surface area contributed by atoms with Crippen LogP contribution >= 0.6 is 11.3 Å². The number of rotatable bonds is 3. The number of pyridine rings is 1. The van der Waals surface area contributed by atoms with Gasteiger partial charge in [0.25, 0.3) is 11.5 Å².